The van der Waals surface area contributed by atoms with Gasteiger partial charge in [0.1, 0.15) is 9.46 Å². The summed E-state index contributed by atoms with van der Waals surface area (Å²) < 4.78 is 26.1. The fourth-order valence-electron chi connectivity index (χ4n) is 2.20. The van der Waals surface area contributed by atoms with Crippen molar-refractivity contribution in [3.63, 3.8) is 0 Å². The first-order chi connectivity index (χ1) is 12.4. The van der Waals surface area contributed by atoms with Gasteiger partial charge in [0.2, 0.25) is 0 Å². The fraction of sp³-hybridized carbons (Fsp3) is 0.353. The van der Waals surface area contributed by atoms with E-state index in [9.17, 15) is 18.0 Å². The van der Waals surface area contributed by atoms with Crippen LogP contribution in [0.15, 0.2) is 46.2 Å². The standard InChI is InChI=1S/C17H21N3O4S2/c1-3-12(2)20-17(22)16(21)19-11-14(13-6-4-8-18-10-13)26(23,24)15-7-5-9-25-15/h4-10,12,14H,3,11H2,1-2H3,(H,19,21)(H,20,22)/t12-,14+/m1/s1. The van der Waals surface area contributed by atoms with E-state index >= 15 is 0 Å². The molecule has 2 aromatic rings. The lowest BCUT2D eigenvalue weighted by Gasteiger charge is -2.18. The van der Waals surface area contributed by atoms with Gasteiger partial charge in [0.15, 0.2) is 9.84 Å². The molecule has 2 heterocycles. The van der Waals surface area contributed by atoms with E-state index in [0.29, 0.717) is 12.0 Å². The summed E-state index contributed by atoms with van der Waals surface area (Å²) in [7, 11) is -3.73. The molecule has 7 nitrogen and oxygen atoms in total. The Labute approximate surface area is 156 Å². The second kappa shape index (κ2) is 8.91. The fourth-order valence-corrected chi connectivity index (χ4v) is 5.04. The average molecular weight is 396 g/mol. The van der Waals surface area contributed by atoms with Gasteiger partial charge < -0.3 is 10.6 Å². The van der Waals surface area contributed by atoms with Crippen LogP contribution in [0.25, 0.3) is 0 Å². The van der Waals surface area contributed by atoms with Gasteiger partial charge in [0.25, 0.3) is 0 Å². The zero-order chi connectivity index (χ0) is 19.2. The van der Waals surface area contributed by atoms with Gasteiger partial charge in [-0.25, -0.2) is 8.42 Å². The third-order valence-electron chi connectivity index (χ3n) is 3.85. The van der Waals surface area contributed by atoms with Crippen molar-refractivity contribution in [3.05, 3.63) is 47.6 Å². The molecule has 0 aromatic carbocycles. The Kier molecular flexibility index (Phi) is 6.87. The highest BCUT2D eigenvalue weighted by molar-refractivity contribution is 7.93. The van der Waals surface area contributed by atoms with Crippen molar-refractivity contribution in [1.29, 1.82) is 0 Å². The van der Waals surface area contributed by atoms with Crippen molar-refractivity contribution in [2.24, 2.45) is 0 Å². The zero-order valence-corrected chi connectivity index (χ0v) is 16.1. The molecule has 0 aliphatic carbocycles. The van der Waals surface area contributed by atoms with Crippen LogP contribution < -0.4 is 10.6 Å². The largest absolute Gasteiger partial charge is 0.346 e. The normalized spacial score (nSPS) is 13.6. The number of carbonyl (C=O) groups is 2. The molecule has 0 aliphatic rings. The summed E-state index contributed by atoms with van der Waals surface area (Å²) in [5.74, 6) is -1.64. The van der Waals surface area contributed by atoms with E-state index in [0.717, 1.165) is 11.3 Å². The minimum absolute atomic E-state index is 0.141. The molecular weight excluding hydrogens is 374 g/mol. The summed E-state index contributed by atoms with van der Waals surface area (Å²) in [5.41, 5.74) is 0.448. The lowest BCUT2D eigenvalue weighted by atomic mass is 10.2. The number of rotatable bonds is 7. The molecule has 0 unspecified atom stereocenters. The number of sulfone groups is 1. The lowest BCUT2D eigenvalue weighted by Crippen LogP contribution is -2.45. The predicted molar refractivity (Wildman–Crippen MR) is 99.4 cm³/mol. The van der Waals surface area contributed by atoms with E-state index < -0.39 is 26.9 Å². The summed E-state index contributed by atoms with van der Waals surface area (Å²) >= 11 is 1.10. The van der Waals surface area contributed by atoms with Crippen LogP contribution in [0, 0.1) is 0 Å². The molecular formula is C17H21N3O4S2. The van der Waals surface area contributed by atoms with E-state index in [1.807, 2.05) is 6.92 Å². The van der Waals surface area contributed by atoms with Crippen LogP contribution in [0.3, 0.4) is 0 Å². The highest BCUT2D eigenvalue weighted by Gasteiger charge is 2.31. The van der Waals surface area contributed by atoms with E-state index in [-0.39, 0.29) is 16.8 Å². The number of nitrogens with zero attached hydrogens (tertiary/aromatic N) is 1. The minimum Gasteiger partial charge on any atom is -0.346 e. The van der Waals surface area contributed by atoms with Crippen molar-refractivity contribution < 1.29 is 18.0 Å². The van der Waals surface area contributed by atoms with Gasteiger partial charge in [0, 0.05) is 25.0 Å². The van der Waals surface area contributed by atoms with Crippen LogP contribution in [0.2, 0.25) is 0 Å². The number of hydrogen-bond acceptors (Lipinski definition) is 6. The molecule has 2 amide bonds. The van der Waals surface area contributed by atoms with Crippen molar-refractivity contribution in [1.82, 2.24) is 15.6 Å². The molecule has 9 heteroatoms. The van der Waals surface area contributed by atoms with Crippen molar-refractivity contribution in [2.45, 2.75) is 35.8 Å². The second-order valence-electron chi connectivity index (χ2n) is 5.74. The number of thiophene rings is 1. The van der Waals surface area contributed by atoms with Crippen LogP contribution in [-0.2, 0) is 19.4 Å². The first-order valence-electron chi connectivity index (χ1n) is 8.12. The Balaban J connectivity index is 2.19. The smallest absolute Gasteiger partial charge is 0.309 e. The molecule has 2 atom stereocenters. The topological polar surface area (TPSA) is 105 Å². The summed E-state index contributed by atoms with van der Waals surface area (Å²) in [6, 6.07) is 6.28. The minimum atomic E-state index is -3.73. The molecule has 2 rings (SSSR count). The Morgan fingerprint density at radius 1 is 1.23 bits per heavy atom. The first kappa shape index (κ1) is 20.1. The number of pyridine rings is 1. The number of amides is 2. The molecule has 0 saturated carbocycles. The number of carbonyl (C=O) groups excluding carboxylic acids is 2. The molecule has 26 heavy (non-hydrogen) atoms. The van der Waals surface area contributed by atoms with Crippen molar-refractivity contribution in [3.8, 4) is 0 Å². The van der Waals surface area contributed by atoms with Gasteiger partial charge in [-0.05, 0) is 36.4 Å². The maximum atomic E-state index is 12.9. The molecule has 0 fully saturated rings. The van der Waals surface area contributed by atoms with E-state index in [1.165, 1.54) is 18.5 Å². The average Bonchev–Trinajstić information content (AvgIpc) is 3.17. The van der Waals surface area contributed by atoms with Crippen LogP contribution in [-0.4, -0.2) is 37.8 Å². The quantitative estimate of drug-likeness (QED) is 0.694. The summed E-state index contributed by atoms with van der Waals surface area (Å²) in [6.45, 7) is 3.44. The summed E-state index contributed by atoms with van der Waals surface area (Å²) in [4.78, 5) is 27.8. The molecule has 0 spiro atoms. The number of aromatic nitrogens is 1. The Morgan fingerprint density at radius 2 is 2.00 bits per heavy atom. The van der Waals surface area contributed by atoms with Gasteiger partial charge in [-0.1, -0.05) is 19.1 Å². The van der Waals surface area contributed by atoms with Gasteiger partial charge in [-0.2, -0.15) is 0 Å². The summed E-state index contributed by atoms with van der Waals surface area (Å²) in [6.07, 6.45) is 3.67. The van der Waals surface area contributed by atoms with Crippen molar-refractivity contribution >= 4 is 33.0 Å². The molecule has 0 aliphatic heterocycles. The van der Waals surface area contributed by atoms with Gasteiger partial charge in [-0.3, -0.25) is 14.6 Å². The number of nitrogens with one attached hydrogen (secondary N) is 2. The Bertz CT molecular complexity index is 836. The molecule has 0 radical (unpaired) electrons. The van der Waals surface area contributed by atoms with Gasteiger partial charge >= 0.3 is 11.8 Å². The molecule has 2 aromatic heterocycles. The maximum absolute atomic E-state index is 12.9. The predicted octanol–water partition coefficient (Wildman–Crippen LogP) is 1.69. The molecule has 0 bridgehead atoms. The highest BCUT2D eigenvalue weighted by atomic mass is 32.2. The maximum Gasteiger partial charge on any atom is 0.309 e. The third kappa shape index (κ3) is 4.89. The van der Waals surface area contributed by atoms with Crippen LogP contribution in [0.1, 0.15) is 31.1 Å². The molecule has 2 N–H and O–H groups in total. The highest BCUT2D eigenvalue weighted by Crippen LogP contribution is 2.30. The first-order valence-corrected chi connectivity index (χ1v) is 10.5. The van der Waals surface area contributed by atoms with E-state index in [2.05, 4.69) is 15.6 Å². The van der Waals surface area contributed by atoms with Crippen LogP contribution >= 0.6 is 11.3 Å². The van der Waals surface area contributed by atoms with E-state index in [1.54, 1.807) is 30.5 Å². The zero-order valence-electron chi connectivity index (χ0n) is 14.5. The van der Waals surface area contributed by atoms with Crippen LogP contribution in [0.4, 0.5) is 0 Å². The molecule has 0 saturated heterocycles. The van der Waals surface area contributed by atoms with Gasteiger partial charge in [0.05, 0.1) is 0 Å². The monoisotopic (exact) mass is 395 g/mol. The Morgan fingerprint density at radius 3 is 2.58 bits per heavy atom. The molecule has 140 valence electrons. The summed E-state index contributed by atoms with van der Waals surface area (Å²) in [5, 5.41) is 5.61. The van der Waals surface area contributed by atoms with E-state index in [4.69, 9.17) is 0 Å². The van der Waals surface area contributed by atoms with Crippen LogP contribution in [0.5, 0.6) is 0 Å². The second-order valence-corrected chi connectivity index (χ2v) is 9.05. The van der Waals surface area contributed by atoms with Crippen molar-refractivity contribution in [2.75, 3.05) is 6.54 Å². The number of hydrogen-bond donors (Lipinski definition) is 2. The van der Waals surface area contributed by atoms with Gasteiger partial charge in [-0.15, -0.1) is 11.3 Å². The SMILES string of the molecule is CC[C@@H](C)NC(=O)C(=O)NC[C@@H](c1cccnc1)S(=O)(=O)c1cccs1. The third-order valence-corrected chi connectivity index (χ3v) is 7.38. The Hall–Kier alpha value is -2.26. The lowest BCUT2D eigenvalue weighted by molar-refractivity contribution is -0.139.